The van der Waals surface area contributed by atoms with Gasteiger partial charge in [-0.1, -0.05) is 36.7 Å². The molecule has 2 aromatic rings. The van der Waals surface area contributed by atoms with Crippen LogP contribution in [0.5, 0.6) is 5.75 Å². The van der Waals surface area contributed by atoms with Gasteiger partial charge < -0.3 is 15.4 Å². The van der Waals surface area contributed by atoms with Gasteiger partial charge in [0.05, 0.1) is 12.1 Å². The van der Waals surface area contributed by atoms with E-state index in [-0.39, 0.29) is 5.91 Å². The van der Waals surface area contributed by atoms with E-state index in [0.29, 0.717) is 23.7 Å². The maximum Gasteiger partial charge on any atom is 0.226 e. The van der Waals surface area contributed by atoms with Crippen LogP contribution in [-0.4, -0.2) is 19.6 Å². The van der Waals surface area contributed by atoms with Crippen LogP contribution in [0.3, 0.4) is 0 Å². The van der Waals surface area contributed by atoms with Gasteiger partial charge in [-0.25, -0.2) is 0 Å². The quantitative estimate of drug-likeness (QED) is 0.766. The highest BCUT2D eigenvalue weighted by Gasteiger charge is 2.08. The zero-order valence-corrected chi connectivity index (χ0v) is 15.0. The van der Waals surface area contributed by atoms with Crippen LogP contribution >= 0.6 is 11.6 Å². The molecule has 2 N–H and O–H groups in total. The number of hydrogen-bond donors (Lipinski definition) is 2. The number of para-hydroxylation sites is 1. The fraction of sp³-hybridized carbons (Fsp3) is 0.316. The zero-order chi connectivity index (χ0) is 17.5. The average molecular weight is 347 g/mol. The minimum absolute atomic E-state index is 0.00823. The first-order valence-electron chi connectivity index (χ1n) is 8.01. The SMILES string of the molecule is CCc1cccc(C)c1NC(=O)CCNc1ccc(OC)c(Cl)c1. The molecule has 0 aliphatic rings. The van der Waals surface area contributed by atoms with Gasteiger partial charge in [-0.3, -0.25) is 4.79 Å². The highest BCUT2D eigenvalue weighted by molar-refractivity contribution is 6.32. The fourth-order valence-electron chi connectivity index (χ4n) is 2.50. The first-order valence-corrected chi connectivity index (χ1v) is 8.38. The van der Waals surface area contributed by atoms with Crippen LogP contribution in [0.25, 0.3) is 0 Å². The van der Waals surface area contributed by atoms with Crippen LogP contribution < -0.4 is 15.4 Å². The third-order valence-corrected chi connectivity index (χ3v) is 4.13. The number of carbonyl (C=O) groups excluding carboxylic acids is 1. The molecule has 0 aliphatic heterocycles. The van der Waals surface area contributed by atoms with Crippen molar-refractivity contribution in [1.29, 1.82) is 0 Å². The van der Waals surface area contributed by atoms with Gasteiger partial charge in [0.1, 0.15) is 5.75 Å². The summed E-state index contributed by atoms with van der Waals surface area (Å²) in [5, 5.41) is 6.76. The zero-order valence-electron chi connectivity index (χ0n) is 14.3. The first kappa shape index (κ1) is 18.1. The smallest absolute Gasteiger partial charge is 0.226 e. The average Bonchev–Trinajstić information content (AvgIpc) is 2.57. The van der Waals surface area contributed by atoms with Gasteiger partial charge >= 0.3 is 0 Å². The summed E-state index contributed by atoms with van der Waals surface area (Å²) in [5.41, 5.74) is 4.02. The van der Waals surface area contributed by atoms with Gasteiger partial charge in [-0.15, -0.1) is 0 Å². The van der Waals surface area contributed by atoms with Crippen molar-refractivity contribution in [2.24, 2.45) is 0 Å². The molecule has 2 rings (SSSR count). The van der Waals surface area contributed by atoms with Crippen LogP contribution in [-0.2, 0) is 11.2 Å². The van der Waals surface area contributed by atoms with E-state index >= 15 is 0 Å². The van der Waals surface area contributed by atoms with Crippen molar-refractivity contribution in [3.05, 3.63) is 52.5 Å². The normalized spacial score (nSPS) is 10.3. The van der Waals surface area contributed by atoms with Crippen LogP contribution in [0, 0.1) is 6.92 Å². The molecule has 0 aromatic heterocycles. The maximum absolute atomic E-state index is 12.2. The minimum atomic E-state index is -0.00823. The van der Waals surface area contributed by atoms with E-state index in [0.717, 1.165) is 28.9 Å². The molecule has 0 aliphatic carbocycles. The Hall–Kier alpha value is -2.20. The van der Waals surface area contributed by atoms with E-state index in [2.05, 4.69) is 17.6 Å². The monoisotopic (exact) mass is 346 g/mol. The first-order chi connectivity index (χ1) is 11.5. The fourth-order valence-corrected chi connectivity index (χ4v) is 2.76. The van der Waals surface area contributed by atoms with E-state index in [1.165, 1.54) is 0 Å². The van der Waals surface area contributed by atoms with Gasteiger partial charge in [-0.2, -0.15) is 0 Å². The summed E-state index contributed by atoms with van der Waals surface area (Å²) in [6, 6.07) is 11.5. The van der Waals surface area contributed by atoms with Gasteiger partial charge in [0.25, 0.3) is 0 Å². The van der Waals surface area contributed by atoms with Gasteiger partial charge in [-0.05, 0) is 42.7 Å². The molecule has 0 radical (unpaired) electrons. The molecule has 24 heavy (non-hydrogen) atoms. The van der Waals surface area contributed by atoms with Crippen LogP contribution in [0.15, 0.2) is 36.4 Å². The second kappa shape index (κ2) is 8.60. The van der Waals surface area contributed by atoms with E-state index in [1.807, 2.05) is 31.2 Å². The van der Waals surface area contributed by atoms with E-state index in [4.69, 9.17) is 16.3 Å². The second-order valence-corrected chi connectivity index (χ2v) is 5.94. The third-order valence-electron chi connectivity index (χ3n) is 3.84. The van der Waals surface area contributed by atoms with Crippen molar-refractivity contribution < 1.29 is 9.53 Å². The Balaban J connectivity index is 1.89. The van der Waals surface area contributed by atoms with Crippen molar-refractivity contribution in [2.45, 2.75) is 26.7 Å². The largest absolute Gasteiger partial charge is 0.495 e. The Labute approximate surface area is 148 Å². The van der Waals surface area contributed by atoms with E-state index in [9.17, 15) is 4.79 Å². The number of rotatable bonds is 7. The second-order valence-electron chi connectivity index (χ2n) is 5.54. The molecule has 128 valence electrons. The Morgan fingerprint density at radius 1 is 1.25 bits per heavy atom. The number of aryl methyl sites for hydroxylation is 2. The molecule has 1 amide bonds. The molecule has 0 saturated heterocycles. The highest BCUT2D eigenvalue weighted by Crippen LogP contribution is 2.27. The summed E-state index contributed by atoms with van der Waals surface area (Å²) in [6.07, 6.45) is 1.26. The number of ether oxygens (including phenoxy) is 1. The van der Waals surface area contributed by atoms with Crippen molar-refractivity contribution in [3.63, 3.8) is 0 Å². The summed E-state index contributed by atoms with van der Waals surface area (Å²) in [5.74, 6) is 0.623. The van der Waals surface area contributed by atoms with E-state index in [1.54, 1.807) is 19.2 Å². The number of methoxy groups -OCH3 is 1. The molecular weight excluding hydrogens is 324 g/mol. The molecule has 0 unspecified atom stereocenters. The van der Waals surface area contributed by atoms with Crippen molar-refractivity contribution in [2.75, 3.05) is 24.3 Å². The van der Waals surface area contributed by atoms with E-state index < -0.39 is 0 Å². The molecule has 5 heteroatoms. The lowest BCUT2D eigenvalue weighted by molar-refractivity contribution is -0.115. The Morgan fingerprint density at radius 2 is 2.04 bits per heavy atom. The maximum atomic E-state index is 12.2. The summed E-state index contributed by atoms with van der Waals surface area (Å²) in [4.78, 5) is 12.2. The molecular formula is C19H23ClN2O2. The molecule has 0 heterocycles. The minimum Gasteiger partial charge on any atom is -0.495 e. The lowest BCUT2D eigenvalue weighted by Crippen LogP contribution is -2.17. The number of halogens is 1. The molecule has 0 bridgehead atoms. The summed E-state index contributed by atoms with van der Waals surface area (Å²) >= 11 is 6.08. The van der Waals surface area contributed by atoms with Crippen molar-refractivity contribution >= 4 is 28.9 Å². The Kier molecular flexibility index (Phi) is 6.50. The third kappa shape index (κ3) is 4.65. The Bertz CT molecular complexity index is 717. The number of anilines is 2. The van der Waals surface area contributed by atoms with Gasteiger partial charge in [0.2, 0.25) is 5.91 Å². The molecule has 2 aromatic carbocycles. The lowest BCUT2D eigenvalue weighted by Gasteiger charge is -2.13. The van der Waals surface area contributed by atoms with Crippen LogP contribution in [0.2, 0.25) is 5.02 Å². The molecule has 0 atom stereocenters. The standard InChI is InChI=1S/C19H23ClN2O2/c1-4-14-7-5-6-13(2)19(14)22-18(23)10-11-21-15-8-9-17(24-3)16(20)12-15/h5-9,12,21H,4,10-11H2,1-3H3,(H,22,23). The number of amides is 1. The summed E-state index contributed by atoms with van der Waals surface area (Å²) < 4.78 is 5.12. The number of benzene rings is 2. The predicted molar refractivity (Wildman–Crippen MR) is 100 cm³/mol. The van der Waals surface area contributed by atoms with Crippen LogP contribution in [0.1, 0.15) is 24.5 Å². The molecule has 0 fully saturated rings. The van der Waals surface area contributed by atoms with Crippen molar-refractivity contribution in [3.8, 4) is 5.75 Å². The summed E-state index contributed by atoms with van der Waals surface area (Å²) in [7, 11) is 1.58. The number of nitrogens with one attached hydrogen (secondary N) is 2. The predicted octanol–water partition coefficient (Wildman–Crippen LogP) is 4.66. The van der Waals surface area contributed by atoms with Crippen molar-refractivity contribution in [1.82, 2.24) is 0 Å². The highest BCUT2D eigenvalue weighted by atomic mass is 35.5. The lowest BCUT2D eigenvalue weighted by atomic mass is 10.1. The summed E-state index contributed by atoms with van der Waals surface area (Å²) in [6.45, 7) is 4.62. The van der Waals surface area contributed by atoms with Gasteiger partial charge in [0, 0.05) is 24.3 Å². The molecule has 0 saturated carbocycles. The van der Waals surface area contributed by atoms with Crippen LogP contribution in [0.4, 0.5) is 11.4 Å². The number of carbonyl (C=O) groups is 1. The Morgan fingerprint density at radius 3 is 2.71 bits per heavy atom. The number of hydrogen-bond acceptors (Lipinski definition) is 3. The molecule has 4 nitrogen and oxygen atoms in total. The van der Waals surface area contributed by atoms with Gasteiger partial charge in [0.15, 0.2) is 0 Å². The molecule has 0 spiro atoms. The topological polar surface area (TPSA) is 50.4 Å².